The summed E-state index contributed by atoms with van der Waals surface area (Å²) in [6, 6.07) is 6.68. The number of ether oxygens (including phenoxy) is 1. The molecule has 0 atom stereocenters. The molecule has 0 bridgehead atoms. The molecule has 22 heavy (non-hydrogen) atoms. The summed E-state index contributed by atoms with van der Waals surface area (Å²) in [5.41, 5.74) is 0. The molecule has 1 saturated heterocycles. The lowest BCUT2D eigenvalue weighted by Gasteiger charge is -2.33. The van der Waals surface area contributed by atoms with E-state index < -0.39 is 10.0 Å². The zero-order valence-electron chi connectivity index (χ0n) is 12.4. The van der Waals surface area contributed by atoms with Crippen molar-refractivity contribution in [3.05, 3.63) is 28.7 Å². The molecule has 0 amide bonds. The van der Waals surface area contributed by atoms with Gasteiger partial charge < -0.3 is 4.74 Å². The Morgan fingerprint density at radius 2 is 1.95 bits per heavy atom. The molecule has 122 valence electrons. The van der Waals surface area contributed by atoms with Gasteiger partial charge in [-0.05, 0) is 25.1 Å². The van der Waals surface area contributed by atoms with Gasteiger partial charge in [0, 0.05) is 30.7 Å². The molecule has 0 radical (unpaired) electrons. The van der Waals surface area contributed by atoms with E-state index in [9.17, 15) is 13.2 Å². The number of carbonyl (C=O) groups is 1. The quantitative estimate of drug-likeness (QED) is 0.709. The molecule has 1 aromatic carbocycles. The highest BCUT2D eigenvalue weighted by atomic mass is 79.9. The van der Waals surface area contributed by atoms with Crippen LogP contribution in [0, 0.1) is 0 Å². The summed E-state index contributed by atoms with van der Waals surface area (Å²) in [4.78, 5) is 13.6. The van der Waals surface area contributed by atoms with Crippen LogP contribution in [-0.2, 0) is 19.6 Å². The summed E-state index contributed by atoms with van der Waals surface area (Å²) in [6.07, 6.45) is 0. The Morgan fingerprint density at radius 3 is 2.55 bits per heavy atom. The molecule has 1 aliphatic heterocycles. The minimum atomic E-state index is -3.49. The van der Waals surface area contributed by atoms with Gasteiger partial charge in [-0.2, -0.15) is 4.31 Å². The van der Waals surface area contributed by atoms with E-state index in [2.05, 4.69) is 15.9 Å². The first kappa shape index (κ1) is 17.4. The van der Waals surface area contributed by atoms with Crippen molar-refractivity contribution in [1.29, 1.82) is 0 Å². The van der Waals surface area contributed by atoms with Crippen molar-refractivity contribution in [1.82, 2.24) is 9.21 Å². The number of nitrogens with zero attached hydrogens (tertiary/aromatic N) is 2. The maximum atomic E-state index is 12.6. The molecule has 1 aliphatic rings. The molecule has 6 nitrogen and oxygen atoms in total. The first-order valence-corrected chi connectivity index (χ1v) is 9.30. The lowest BCUT2D eigenvalue weighted by molar-refractivity contribution is -0.144. The maximum Gasteiger partial charge on any atom is 0.320 e. The van der Waals surface area contributed by atoms with Gasteiger partial charge in [0.15, 0.2) is 0 Å². The van der Waals surface area contributed by atoms with E-state index in [1.54, 1.807) is 31.2 Å². The summed E-state index contributed by atoms with van der Waals surface area (Å²) in [6.45, 7) is 4.11. The first-order chi connectivity index (χ1) is 10.4. The van der Waals surface area contributed by atoms with E-state index >= 15 is 0 Å². The molecule has 1 fully saturated rings. The van der Waals surface area contributed by atoms with Gasteiger partial charge in [0.2, 0.25) is 10.0 Å². The third kappa shape index (κ3) is 4.28. The number of piperazine rings is 1. The van der Waals surface area contributed by atoms with Gasteiger partial charge in [0.05, 0.1) is 18.0 Å². The van der Waals surface area contributed by atoms with Gasteiger partial charge in [-0.3, -0.25) is 9.69 Å². The lowest BCUT2D eigenvalue weighted by Crippen LogP contribution is -2.49. The molecular formula is C14H19BrN2O4S. The van der Waals surface area contributed by atoms with Gasteiger partial charge in [-0.15, -0.1) is 0 Å². The van der Waals surface area contributed by atoms with Crippen LogP contribution in [0.3, 0.4) is 0 Å². The van der Waals surface area contributed by atoms with Crippen molar-refractivity contribution in [2.45, 2.75) is 11.8 Å². The van der Waals surface area contributed by atoms with E-state index in [0.717, 1.165) is 4.47 Å². The molecule has 1 aromatic rings. The predicted molar refractivity (Wildman–Crippen MR) is 86.0 cm³/mol. The van der Waals surface area contributed by atoms with Crippen LogP contribution >= 0.6 is 15.9 Å². The SMILES string of the molecule is CCOC(=O)CN1CCN(S(=O)(=O)c2cccc(Br)c2)CC1. The fourth-order valence-electron chi connectivity index (χ4n) is 2.29. The Labute approximate surface area is 139 Å². The lowest BCUT2D eigenvalue weighted by atomic mass is 10.3. The Bertz CT molecular complexity index is 627. The van der Waals surface area contributed by atoms with Crippen molar-refractivity contribution < 1.29 is 17.9 Å². The summed E-state index contributed by atoms with van der Waals surface area (Å²) < 4.78 is 32.2. The van der Waals surface area contributed by atoms with Gasteiger partial charge in [0.1, 0.15) is 0 Å². The highest BCUT2D eigenvalue weighted by molar-refractivity contribution is 9.10. The number of carbonyl (C=O) groups excluding carboxylic acids is 1. The standard InChI is InChI=1S/C14H19BrN2O4S/c1-2-21-14(18)11-16-6-8-17(9-7-16)22(19,20)13-5-3-4-12(15)10-13/h3-5,10H,2,6-9,11H2,1H3. The van der Waals surface area contributed by atoms with Crippen LogP contribution < -0.4 is 0 Å². The van der Waals surface area contributed by atoms with Crippen LogP contribution in [-0.4, -0.2) is 62.9 Å². The molecule has 0 saturated carbocycles. The van der Waals surface area contributed by atoms with E-state index in [4.69, 9.17) is 4.74 Å². The minimum absolute atomic E-state index is 0.207. The third-order valence-electron chi connectivity index (χ3n) is 3.42. The van der Waals surface area contributed by atoms with Crippen LogP contribution in [0.4, 0.5) is 0 Å². The van der Waals surface area contributed by atoms with E-state index in [-0.39, 0.29) is 17.4 Å². The van der Waals surface area contributed by atoms with Gasteiger partial charge in [-0.25, -0.2) is 8.42 Å². The van der Waals surface area contributed by atoms with Crippen LogP contribution in [0.2, 0.25) is 0 Å². The normalized spacial score (nSPS) is 17.4. The summed E-state index contributed by atoms with van der Waals surface area (Å²) in [7, 11) is -3.49. The molecule has 0 aromatic heterocycles. The van der Waals surface area contributed by atoms with Gasteiger partial charge in [0.25, 0.3) is 0 Å². The van der Waals surface area contributed by atoms with Gasteiger partial charge in [-0.1, -0.05) is 22.0 Å². The second-order valence-electron chi connectivity index (χ2n) is 4.94. The van der Waals surface area contributed by atoms with Crippen LogP contribution in [0.25, 0.3) is 0 Å². The fourth-order valence-corrected chi connectivity index (χ4v) is 4.31. The molecule has 0 N–H and O–H groups in total. The highest BCUT2D eigenvalue weighted by Gasteiger charge is 2.29. The fraction of sp³-hybridized carbons (Fsp3) is 0.500. The molecule has 2 rings (SSSR count). The Hall–Kier alpha value is -0.960. The van der Waals surface area contributed by atoms with Crippen molar-refractivity contribution in [2.75, 3.05) is 39.3 Å². The predicted octanol–water partition coefficient (Wildman–Crippen LogP) is 1.32. The molecule has 0 aliphatic carbocycles. The number of sulfonamides is 1. The van der Waals surface area contributed by atoms with Crippen LogP contribution in [0.1, 0.15) is 6.92 Å². The van der Waals surface area contributed by atoms with Crippen molar-refractivity contribution in [3.63, 3.8) is 0 Å². The molecule has 8 heteroatoms. The number of rotatable bonds is 5. The number of hydrogen-bond acceptors (Lipinski definition) is 5. The van der Waals surface area contributed by atoms with Gasteiger partial charge >= 0.3 is 5.97 Å². The Balaban J connectivity index is 1.97. The second-order valence-corrected chi connectivity index (χ2v) is 7.80. The van der Waals surface area contributed by atoms with E-state index in [1.165, 1.54) is 4.31 Å². The summed E-state index contributed by atoms with van der Waals surface area (Å²) in [5.74, 6) is -0.272. The van der Waals surface area contributed by atoms with Crippen LogP contribution in [0.5, 0.6) is 0 Å². The van der Waals surface area contributed by atoms with E-state index in [1.807, 2.05) is 4.90 Å². The van der Waals surface area contributed by atoms with E-state index in [0.29, 0.717) is 32.8 Å². The monoisotopic (exact) mass is 390 g/mol. The number of benzene rings is 1. The zero-order chi connectivity index (χ0) is 16.2. The van der Waals surface area contributed by atoms with Crippen molar-refractivity contribution in [3.8, 4) is 0 Å². The van der Waals surface area contributed by atoms with Crippen LogP contribution in [0.15, 0.2) is 33.6 Å². The number of hydrogen-bond donors (Lipinski definition) is 0. The number of esters is 1. The molecular weight excluding hydrogens is 372 g/mol. The third-order valence-corrected chi connectivity index (χ3v) is 5.81. The summed E-state index contributed by atoms with van der Waals surface area (Å²) in [5, 5.41) is 0. The second kappa shape index (κ2) is 7.54. The minimum Gasteiger partial charge on any atom is -0.465 e. The molecule has 0 unspecified atom stereocenters. The highest BCUT2D eigenvalue weighted by Crippen LogP contribution is 2.21. The first-order valence-electron chi connectivity index (χ1n) is 7.07. The average molecular weight is 391 g/mol. The Kier molecular flexibility index (Phi) is 5.96. The van der Waals surface area contributed by atoms with Crippen molar-refractivity contribution >= 4 is 31.9 Å². The maximum absolute atomic E-state index is 12.6. The summed E-state index contributed by atoms with van der Waals surface area (Å²) >= 11 is 3.29. The largest absolute Gasteiger partial charge is 0.465 e. The smallest absolute Gasteiger partial charge is 0.320 e. The topological polar surface area (TPSA) is 66.9 Å². The zero-order valence-corrected chi connectivity index (χ0v) is 14.8. The molecule has 1 heterocycles. The number of halogens is 1. The molecule has 0 spiro atoms. The Morgan fingerprint density at radius 1 is 1.27 bits per heavy atom. The van der Waals surface area contributed by atoms with Crippen molar-refractivity contribution in [2.24, 2.45) is 0 Å². The average Bonchev–Trinajstić information content (AvgIpc) is 2.48.